The molecule has 0 spiro atoms. The Bertz CT molecular complexity index is 1310. The number of hydrogen-bond acceptors (Lipinski definition) is 6. The number of alkyl halides is 4. The molecule has 0 bridgehead atoms. The first-order valence-electron chi connectivity index (χ1n) is 16.8. The van der Waals surface area contributed by atoms with E-state index < -0.39 is 24.0 Å². The smallest absolute Gasteiger partial charge is 0.390 e. The van der Waals surface area contributed by atoms with Crippen LogP contribution < -0.4 is 0 Å². The molecule has 256 valence electrons. The van der Waals surface area contributed by atoms with E-state index in [0.29, 0.717) is 88.6 Å². The number of amides is 2. The molecule has 8 nitrogen and oxygen atoms in total. The van der Waals surface area contributed by atoms with Gasteiger partial charge in [-0.15, -0.1) is 11.8 Å². The van der Waals surface area contributed by atoms with Gasteiger partial charge in [0.15, 0.2) is 0 Å². The number of benzene rings is 1. The number of nitrogens with zero attached hydrogens (tertiary/aromatic N) is 6. The number of thioether (sulfide) groups is 1. The van der Waals surface area contributed by atoms with E-state index in [1.807, 2.05) is 18.5 Å². The van der Waals surface area contributed by atoms with Gasteiger partial charge >= 0.3 is 12.2 Å². The van der Waals surface area contributed by atoms with Gasteiger partial charge in [-0.3, -0.25) is 4.68 Å². The van der Waals surface area contributed by atoms with Crippen LogP contribution in [0.4, 0.5) is 22.4 Å². The van der Waals surface area contributed by atoms with Crippen molar-refractivity contribution in [3.63, 3.8) is 0 Å². The van der Waals surface area contributed by atoms with Gasteiger partial charge in [0.25, 0.3) is 0 Å². The van der Waals surface area contributed by atoms with Crippen LogP contribution in [0.5, 0.6) is 0 Å². The minimum absolute atomic E-state index is 0.0695. The van der Waals surface area contributed by atoms with Crippen molar-refractivity contribution in [3.05, 3.63) is 35.0 Å². The Morgan fingerprint density at radius 2 is 1.76 bits per heavy atom. The van der Waals surface area contributed by atoms with E-state index in [2.05, 4.69) is 9.80 Å². The normalized spacial score (nSPS) is 19.3. The number of rotatable bonds is 11. The molecule has 0 radical (unpaired) electrons. The quantitative estimate of drug-likeness (QED) is 0.243. The number of carbonyl (C=O) groups is 1. The Labute approximate surface area is 274 Å². The van der Waals surface area contributed by atoms with Crippen LogP contribution in [0.25, 0.3) is 11.3 Å². The fourth-order valence-electron chi connectivity index (χ4n) is 6.86. The molecule has 1 aromatic carbocycles. The van der Waals surface area contributed by atoms with Crippen molar-refractivity contribution in [2.24, 2.45) is 0 Å². The topological polar surface area (TPSA) is 68.1 Å². The summed E-state index contributed by atoms with van der Waals surface area (Å²) in [5.74, 6) is 0.449. The number of urea groups is 1. The predicted octanol–water partition coefficient (Wildman–Crippen LogP) is 5.76. The van der Waals surface area contributed by atoms with Crippen molar-refractivity contribution in [1.29, 1.82) is 0 Å². The zero-order valence-electron chi connectivity index (χ0n) is 27.1. The van der Waals surface area contributed by atoms with Crippen LogP contribution >= 0.6 is 11.8 Å². The van der Waals surface area contributed by atoms with E-state index in [1.165, 1.54) is 12.5 Å². The fourth-order valence-corrected chi connectivity index (χ4v) is 7.98. The van der Waals surface area contributed by atoms with Gasteiger partial charge in [0.2, 0.25) is 0 Å². The molecule has 0 aliphatic carbocycles. The minimum atomic E-state index is -4.52. The first kappa shape index (κ1) is 35.0. The number of halogens is 4. The highest BCUT2D eigenvalue weighted by molar-refractivity contribution is 7.99. The summed E-state index contributed by atoms with van der Waals surface area (Å²) < 4.78 is 57.8. The number of hydrogen-bond donors (Lipinski definition) is 1. The molecule has 2 amide bonds. The zero-order chi connectivity index (χ0) is 32.8. The Balaban J connectivity index is 1.43. The number of aliphatic hydroxyl groups is 1. The van der Waals surface area contributed by atoms with Crippen LogP contribution in [-0.4, -0.2) is 117 Å². The summed E-state index contributed by atoms with van der Waals surface area (Å²) >= 11 is 1.16. The molecule has 3 aliphatic rings. The number of β-amino-alcohol motifs (C(OH)–C–C–N with tert-alkyl or cyclic N) is 1. The molecule has 2 aromatic rings. The lowest BCUT2D eigenvalue weighted by Crippen LogP contribution is -2.45. The lowest BCUT2D eigenvalue weighted by Gasteiger charge is -2.33. The molecule has 13 heteroatoms. The van der Waals surface area contributed by atoms with Gasteiger partial charge in [-0.1, -0.05) is 12.5 Å². The zero-order valence-corrected chi connectivity index (χ0v) is 27.9. The highest BCUT2D eigenvalue weighted by Crippen LogP contribution is 2.40. The standard InChI is InChI=1S/C33H48F4N6O2S/c1-3-41(4-2)32(45)42-17-12-29-27(23-42)31(38-43(29)22-26(44)21-40-13-6-5-7-14-40)24-8-9-28(33(35,36)37)30(20-24)46-19-18-39-15-10-25(34)11-16-39/h8-9,20,25-26,44H,3-7,10-19,21-23H2,1-2H3/t26-/m0/s1. The van der Waals surface area contributed by atoms with Crippen LogP contribution in [-0.2, 0) is 25.7 Å². The van der Waals surface area contributed by atoms with Crippen molar-refractivity contribution in [1.82, 2.24) is 29.4 Å². The fraction of sp³-hybridized carbons (Fsp3) is 0.697. The molecule has 3 aliphatic heterocycles. The van der Waals surface area contributed by atoms with Crippen molar-refractivity contribution in [2.75, 3.05) is 64.7 Å². The summed E-state index contributed by atoms with van der Waals surface area (Å²) in [4.78, 5) is 21.4. The van der Waals surface area contributed by atoms with Gasteiger partial charge in [-0.25, -0.2) is 9.18 Å². The maximum absolute atomic E-state index is 14.1. The minimum Gasteiger partial charge on any atom is -0.390 e. The second-order valence-electron chi connectivity index (χ2n) is 12.7. The monoisotopic (exact) mass is 668 g/mol. The Hall–Kier alpha value is -2.35. The summed E-state index contributed by atoms with van der Waals surface area (Å²) in [6, 6.07) is 4.11. The Kier molecular flexibility index (Phi) is 11.9. The lowest BCUT2D eigenvalue weighted by molar-refractivity contribution is -0.139. The molecular weight excluding hydrogens is 620 g/mol. The summed E-state index contributed by atoms with van der Waals surface area (Å²) in [6.07, 6.45) is -1.05. The number of likely N-dealkylation sites (tertiary alicyclic amines) is 2. The SMILES string of the molecule is CCN(CC)C(=O)N1CCc2c(c(-c3ccc(C(F)(F)F)c(SCCN4CCC(F)CC4)c3)nn2C[C@@H](O)CN2CCCCC2)C1. The van der Waals surface area contributed by atoms with Gasteiger partial charge in [0.05, 0.1) is 30.5 Å². The van der Waals surface area contributed by atoms with E-state index in [1.54, 1.807) is 15.9 Å². The highest BCUT2D eigenvalue weighted by Gasteiger charge is 2.35. The number of carbonyl (C=O) groups excluding carboxylic acids is 1. The van der Waals surface area contributed by atoms with Crippen LogP contribution in [0.15, 0.2) is 23.1 Å². The molecule has 1 atom stereocenters. The Morgan fingerprint density at radius 3 is 2.43 bits per heavy atom. The number of piperidine rings is 2. The maximum Gasteiger partial charge on any atom is 0.417 e. The summed E-state index contributed by atoms with van der Waals surface area (Å²) in [6.45, 7) is 10.4. The van der Waals surface area contributed by atoms with E-state index >= 15 is 0 Å². The van der Waals surface area contributed by atoms with Gasteiger partial charge in [-0.05, 0) is 64.8 Å². The Morgan fingerprint density at radius 1 is 1.04 bits per heavy atom. The van der Waals surface area contributed by atoms with Crippen molar-refractivity contribution >= 4 is 17.8 Å². The molecular formula is C33H48F4N6O2S. The number of aromatic nitrogens is 2. The first-order valence-corrected chi connectivity index (χ1v) is 17.8. The average molecular weight is 669 g/mol. The van der Waals surface area contributed by atoms with E-state index in [4.69, 9.17) is 5.10 Å². The first-order chi connectivity index (χ1) is 22.1. The molecule has 1 aromatic heterocycles. The van der Waals surface area contributed by atoms with E-state index in [0.717, 1.165) is 55.0 Å². The molecule has 2 saturated heterocycles. The maximum atomic E-state index is 14.1. The van der Waals surface area contributed by atoms with Crippen molar-refractivity contribution in [3.8, 4) is 11.3 Å². The van der Waals surface area contributed by atoms with Gasteiger partial charge in [0.1, 0.15) is 6.17 Å². The van der Waals surface area contributed by atoms with Crippen LogP contribution in [0, 0.1) is 0 Å². The average Bonchev–Trinajstić information content (AvgIpc) is 3.39. The summed E-state index contributed by atoms with van der Waals surface area (Å²) in [5, 5.41) is 16.0. The second-order valence-corrected chi connectivity index (χ2v) is 13.8. The molecule has 0 saturated carbocycles. The second kappa shape index (κ2) is 15.7. The van der Waals surface area contributed by atoms with Crippen LogP contribution in [0.1, 0.15) is 62.8 Å². The highest BCUT2D eigenvalue weighted by atomic mass is 32.2. The van der Waals surface area contributed by atoms with E-state index in [-0.39, 0.29) is 17.5 Å². The van der Waals surface area contributed by atoms with Crippen molar-refractivity contribution < 1.29 is 27.5 Å². The summed E-state index contributed by atoms with van der Waals surface area (Å²) in [5.41, 5.74) is 2.17. The molecule has 5 rings (SSSR count). The molecule has 4 heterocycles. The molecule has 46 heavy (non-hydrogen) atoms. The van der Waals surface area contributed by atoms with Crippen molar-refractivity contribution in [2.45, 2.75) is 88.8 Å². The van der Waals surface area contributed by atoms with Gasteiger partial charge < -0.3 is 24.7 Å². The molecule has 1 N–H and O–H groups in total. The van der Waals surface area contributed by atoms with Crippen LogP contribution in [0.3, 0.4) is 0 Å². The van der Waals surface area contributed by atoms with Gasteiger partial charge in [0, 0.05) is 79.7 Å². The summed E-state index contributed by atoms with van der Waals surface area (Å²) in [7, 11) is 0. The van der Waals surface area contributed by atoms with Gasteiger partial charge in [-0.2, -0.15) is 18.3 Å². The lowest BCUT2D eigenvalue weighted by atomic mass is 10.00. The van der Waals surface area contributed by atoms with E-state index in [9.17, 15) is 27.5 Å². The van der Waals surface area contributed by atoms with Crippen LogP contribution in [0.2, 0.25) is 0 Å². The third kappa shape index (κ3) is 8.56. The largest absolute Gasteiger partial charge is 0.417 e. The number of fused-ring (bicyclic) bond motifs is 1. The third-order valence-electron chi connectivity index (χ3n) is 9.48. The molecule has 0 unspecified atom stereocenters. The number of aliphatic hydroxyl groups excluding tert-OH is 1. The predicted molar refractivity (Wildman–Crippen MR) is 173 cm³/mol. The third-order valence-corrected chi connectivity index (χ3v) is 10.5. The molecule has 2 fully saturated rings.